The van der Waals surface area contributed by atoms with Gasteiger partial charge >= 0.3 is 6.03 Å². The van der Waals surface area contributed by atoms with Crippen LogP contribution in [0.1, 0.15) is 46.5 Å². The molecule has 2 amide bonds. The average molecular weight is 281 g/mol. The van der Waals surface area contributed by atoms with Gasteiger partial charge < -0.3 is 15.1 Å². The molecule has 2 saturated heterocycles. The zero-order chi connectivity index (χ0) is 14.5. The van der Waals surface area contributed by atoms with Crippen LogP contribution >= 0.6 is 0 Å². The van der Waals surface area contributed by atoms with Gasteiger partial charge in [-0.25, -0.2) is 4.79 Å². The van der Waals surface area contributed by atoms with E-state index in [4.69, 9.17) is 0 Å². The molecule has 4 nitrogen and oxygen atoms in total. The van der Waals surface area contributed by atoms with E-state index in [1.165, 1.54) is 6.42 Å². The zero-order valence-corrected chi connectivity index (χ0v) is 13.4. The summed E-state index contributed by atoms with van der Waals surface area (Å²) in [5, 5.41) is 3.51. The fraction of sp³-hybridized carbons (Fsp3) is 0.938. The van der Waals surface area contributed by atoms with E-state index in [-0.39, 0.29) is 6.03 Å². The standard InChI is InChI=1S/C16H31N3O/c1-13(2)17-11-15-5-4-8-19(12-15)16(20)18-9-6-14(3)7-10-18/h13-15,17H,4-12H2,1-3H3. The Bertz CT molecular complexity index is 311. The van der Waals surface area contributed by atoms with E-state index in [0.717, 1.165) is 57.9 Å². The summed E-state index contributed by atoms with van der Waals surface area (Å²) in [4.78, 5) is 16.7. The first-order valence-electron chi connectivity index (χ1n) is 8.33. The highest BCUT2D eigenvalue weighted by atomic mass is 16.2. The van der Waals surface area contributed by atoms with Crippen molar-refractivity contribution < 1.29 is 4.79 Å². The smallest absolute Gasteiger partial charge is 0.320 e. The van der Waals surface area contributed by atoms with Crippen molar-refractivity contribution in [1.82, 2.24) is 15.1 Å². The van der Waals surface area contributed by atoms with Gasteiger partial charge in [0.25, 0.3) is 0 Å². The third-order valence-electron chi connectivity index (χ3n) is 4.66. The highest BCUT2D eigenvalue weighted by molar-refractivity contribution is 5.74. The molecule has 0 aromatic rings. The van der Waals surface area contributed by atoms with Gasteiger partial charge in [-0.1, -0.05) is 20.8 Å². The van der Waals surface area contributed by atoms with E-state index in [9.17, 15) is 4.79 Å². The van der Waals surface area contributed by atoms with E-state index in [2.05, 4.69) is 35.9 Å². The number of rotatable bonds is 3. The molecular weight excluding hydrogens is 250 g/mol. The van der Waals surface area contributed by atoms with Crippen molar-refractivity contribution in [3.05, 3.63) is 0 Å². The van der Waals surface area contributed by atoms with Crippen LogP contribution < -0.4 is 5.32 Å². The molecule has 2 rings (SSSR count). The van der Waals surface area contributed by atoms with Crippen LogP contribution in [0.25, 0.3) is 0 Å². The summed E-state index contributed by atoms with van der Waals surface area (Å²) in [6.45, 7) is 11.5. The monoisotopic (exact) mass is 281 g/mol. The number of hydrogen-bond donors (Lipinski definition) is 1. The number of carbonyl (C=O) groups excluding carboxylic acids is 1. The van der Waals surface area contributed by atoms with Gasteiger partial charge in [-0.05, 0) is 44.1 Å². The van der Waals surface area contributed by atoms with E-state index in [1.807, 2.05) is 0 Å². The third kappa shape index (κ3) is 4.37. The van der Waals surface area contributed by atoms with E-state index in [1.54, 1.807) is 0 Å². The van der Waals surface area contributed by atoms with Crippen LogP contribution in [0.5, 0.6) is 0 Å². The Labute approximate surface area is 123 Å². The van der Waals surface area contributed by atoms with Crippen LogP contribution in [-0.2, 0) is 0 Å². The van der Waals surface area contributed by atoms with Crippen molar-refractivity contribution in [1.29, 1.82) is 0 Å². The molecule has 2 aliphatic rings. The van der Waals surface area contributed by atoms with E-state index in [0.29, 0.717) is 12.0 Å². The van der Waals surface area contributed by atoms with Gasteiger partial charge in [0.2, 0.25) is 0 Å². The van der Waals surface area contributed by atoms with E-state index < -0.39 is 0 Å². The van der Waals surface area contributed by atoms with Crippen LogP contribution in [0.4, 0.5) is 4.79 Å². The van der Waals surface area contributed by atoms with Gasteiger partial charge in [0.05, 0.1) is 0 Å². The maximum absolute atomic E-state index is 12.6. The highest BCUT2D eigenvalue weighted by Gasteiger charge is 2.28. The summed E-state index contributed by atoms with van der Waals surface area (Å²) in [6.07, 6.45) is 4.73. The molecule has 0 aliphatic carbocycles. The van der Waals surface area contributed by atoms with Crippen LogP contribution in [-0.4, -0.2) is 54.6 Å². The molecule has 0 aromatic heterocycles. The summed E-state index contributed by atoms with van der Waals surface area (Å²) >= 11 is 0. The number of hydrogen-bond acceptors (Lipinski definition) is 2. The molecule has 2 aliphatic heterocycles. The number of nitrogens with one attached hydrogen (secondary N) is 1. The van der Waals surface area contributed by atoms with Crippen LogP contribution in [0.15, 0.2) is 0 Å². The molecule has 1 unspecified atom stereocenters. The Hall–Kier alpha value is -0.770. The maximum atomic E-state index is 12.6. The predicted octanol–water partition coefficient (Wildman–Crippen LogP) is 2.55. The van der Waals surface area contributed by atoms with Crippen molar-refractivity contribution >= 4 is 6.03 Å². The maximum Gasteiger partial charge on any atom is 0.320 e. The second-order valence-electron chi connectivity index (χ2n) is 6.97. The Morgan fingerprint density at radius 2 is 1.85 bits per heavy atom. The molecule has 0 radical (unpaired) electrons. The van der Waals surface area contributed by atoms with Gasteiger partial charge in [-0.2, -0.15) is 0 Å². The summed E-state index contributed by atoms with van der Waals surface area (Å²) in [7, 11) is 0. The molecule has 4 heteroatoms. The summed E-state index contributed by atoms with van der Waals surface area (Å²) in [5.74, 6) is 1.40. The van der Waals surface area contributed by atoms with Crippen LogP contribution in [0.2, 0.25) is 0 Å². The second-order valence-corrected chi connectivity index (χ2v) is 6.97. The molecule has 1 atom stereocenters. The lowest BCUT2D eigenvalue weighted by Crippen LogP contribution is -2.51. The minimum absolute atomic E-state index is 0.283. The Morgan fingerprint density at radius 3 is 2.50 bits per heavy atom. The average Bonchev–Trinajstić information content (AvgIpc) is 2.45. The Kier molecular flexibility index (Phi) is 5.70. The van der Waals surface area contributed by atoms with Gasteiger partial charge in [0.1, 0.15) is 0 Å². The van der Waals surface area contributed by atoms with Crippen LogP contribution in [0.3, 0.4) is 0 Å². The SMILES string of the molecule is CC1CCN(C(=O)N2CCCC(CNC(C)C)C2)CC1. The number of amides is 2. The summed E-state index contributed by atoms with van der Waals surface area (Å²) in [5.41, 5.74) is 0. The Balaban J connectivity index is 1.80. The molecule has 0 spiro atoms. The minimum atomic E-state index is 0.283. The first kappa shape index (κ1) is 15.6. The summed E-state index contributed by atoms with van der Waals surface area (Å²) in [6, 6.07) is 0.816. The van der Waals surface area contributed by atoms with Gasteiger partial charge in [-0.3, -0.25) is 0 Å². The fourth-order valence-electron chi connectivity index (χ4n) is 3.21. The normalized spacial score (nSPS) is 25.3. The predicted molar refractivity (Wildman–Crippen MR) is 82.8 cm³/mol. The van der Waals surface area contributed by atoms with Crippen molar-refractivity contribution in [2.24, 2.45) is 11.8 Å². The van der Waals surface area contributed by atoms with Crippen LogP contribution in [0, 0.1) is 11.8 Å². The fourth-order valence-corrected chi connectivity index (χ4v) is 3.21. The summed E-state index contributed by atoms with van der Waals surface area (Å²) < 4.78 is 0. The molecule has 2 heterocycles. The molecule has 2 fully saturated rings. The molecule has 116 valence electrons. The van der Waals surface area contributed by atoms with E-state index >= 15 is 0 Å². The largest absolute Gasteiger partial charge is 0.325 e. The Morgan fingerprint density at radius 1 is 1.15 bits per heavy atom. The van der Waals surface area contributed by atoms with Crippen molar-refractivity contribution in [2.45, 2.75) is 52.5 Å². The number of urea groups is 1. The van der Waals surface area contributed by atoms with Gasteiger partial charge in [0.15, 0.2) is 0 Å². The van der Waals surface area contributed by atoms with Crippen molar-refractivity contribution in [3.8, 4) is 0 Å². The topological polar surface area (TPSA) is 35.6 Å². The lowest BCUT2D eigenvalue weighted by Gasteiger charge is -2.39. The minimum Gasteiger partial charge on any atom is -0.325 e. The van der Waals surface area contributed by atoms with Crippen molar-refractivity contribution in [3.63, 3.8) is 0 Å². The molecule has 20 heavy (non-hydrogen) atoms. The highest BCUT2D eigenvalue weighted by Crippen LogP contribution is 2.21. The number of likely N-dealkylation sites (tertiary alicyclic amines) is 2. The lowest BCUT2D eigenvalue weighted by atomic mass is 9.97. The second kappa shape index (κ2) is 7.30. The first-order chi connectivity index (χ1) is 9.56. The van der Waals surface area contributed by atoms with Gasteiger partial charge in [0, 0.05) is 32.2 Å². The number of nitrogens with zero attached hydrogens (tertiary/aromatic N) is 2. The number of carbonyl (C=O) groups is 1. The zero-order valence-electron chi connectivity index (χ0n) is 13.4. The molecule has 0 bridgehead atoms. The molecule has 1 N–H and O–H groups in total. The molecule has 0 saturated carbocycles. The third-order valence-corrected chi connectivity index (χ3v) is 4.66. The van der Waals surface area contributed by atoms with Crippen molar-refractivity contribution in [2.75, 3.05) is 32.7 Å². The number of piperidine rings is 2. The lowest BCUT2D eigenvalue weighted by molar-refractivity contribution is 0.114. The van der Waals surface area contributed by atoms with Gasteiger partial charge in [-0.15, -0.1) is 0 Å². The molecular formula is C16H31N3O. The quantitative estimate of drug-likeness (QED) is 0.863. The first-order valence-corrected chi connectivity index (χ1v) is 8.33. The molecule has 0 aromatic carbocycles.